The summed E-state index contributed by atoms with van der Waals surface area (Å²) in [5, 5.41) is 5.61. The predicted octanol–water partition coefficient (Wildman–Crippen LogP) is 1.95. The van der Waals surface area contributed by atoms with Gasteiger partial charge in [-0.15, -0.1) is 0 Å². The smallest absolute Gasteiger partial charge is 0.242 e. The molecule has 2 amide bonds. The molecule has 2 aliphatic heterocycles. The van der Waals surface area contributed by atoms with E-state index in [4.69, 9.17) is 9.47 Å². The minimum absolute atomic E-state index is 0.0942. The van der Waals surface area contributed by atoms with Gasteiger partial charge in [-0.25, -0.2) is 0 Å². The Hall–Kier alpha value is -2.24. The lowest BCUT2D eigenvalue weighted by Gasteiger charge is -2.18. The maximum atomic E-state index is 12.1. The lowest BCUT2D eigenvalue weighted by molar-refractivity contribution is -0.129. The number of nitrogens with one attached hydrogen (secondary N) is 2. The van der Waals surface area contributed by atoms with E-state index in [-0.39, 0.29) is 30.4 Å². The number of ether oxygens (including phenoxy) is 2. The van der Waals surface area contributed by atoms with E-state index in [2.05, 4.69) is 10.6 Å². The number of fused-ring (bicyclic) bond motifs is 1. The minimum atomic E-state index is -0.430. The van der Waals surface area contributed by atoms with Gasteiger partial charge in [-0.05, 0) is 39.2 Å². The monoisotopic (exact) mass is 346 g/mol. The zero-order chi connectivity index (χ0) is 17.9. The third-order valence-electron chi connectivity index (χ3n) is 4.51. The van der Waals surface area contributed by atoms with Gasteiger partial charge in [-0.3, -0.25) is 9.59 Å². The molecule has 2 N–H and O–H groups in total. The van der Waals surface area contributed by atoms with Crippen molar-refractivity contribution in [3.05, 3.63) is 23.8 Å². The molecule has 136 valence electrons. The standard InChI is InChI=1S/C19H26N2O4/c1-19(2)12-13-6-5-8-15(17(13)25-19)24-11-9-16(22)21-14-7-3-4-10-20-18(14)23/h5-6,8,14H,3-4,7,9-12H2,1-2H3,(H,20,23)(H,21,22). The lowest BCUT2D eigenvalue weighted by atomic mass is 10.0. The molecule has 0 aromatic heterocycles. The number of carbonyl (C=O) groups excluding carboxylic acids is 2. The molecule has 0 aliphatic carbocycles. The van der Waals surface area contributed by atoms with Crippen molar-refractivity contribution in [2.24, 2.45) is 0 Å². The van der Waals surface area contributed by atoms with Crippen LogP contribution in [0.25, 0.3) is 0 Å². The summed E-state index contributed by atoms with van der Waals surface area (Å²) in [6.07, 6.45) is 3.63. The van der Waals surface area contributed by atoms with Gasteiger partial charge in [0.2, 0.25) is 11.8 Å². The summed E-state index contributed by atoms with van der Waals surface area (Å²) >= 11 is 0. The van der Waals surface area contributed by atoms with Crippen LogP contribution < -0.4 is 20.1 Å². The lowest BCUT2D eigenvalue weighted by Crippen LogP contribution is -2.45. The Bertz CT molecular complexity index is 657. The Balaban J connectivity index is 1.50. The summed E-state index contributed by atoms with van der Waals surface area (Å²) in [4.78, 5) is 24.0. The van der Waals surface area contributed by atoms with Crippen molar-refractivity contribution in [1.82, 2.24) is 10.6 Å². The summed E-state index contributed by atoms with van der Waals surface area (Å²) in [6, 6.07) is 5.40. The van der Waals surface area contributed by atoms with Crippen molar-refractivity contribution >= 4 is 11.8 Å². The van der Waals surface area contributed by atoms with E-state index < -0.39 is 6.04 Å². The highest BCUT2D eigenvalue weighted by molar-refractivity contribution is 5.87. The molecule has 1 aromatic rings. The first-order valence-electron chi connectivity index (χ1n) is 8.95. The SMILES string of the molecule is CC1(C)Cc2cccc(OCCC(=O)NC3CCCCNC3=O)c2O1. The molecule has 0 bridgehead atoms. The molecule has 0 saturated carbocycles. The Morgan fingerprint density at radius 1 is 1.40 bits per heavy atom. The van der Waals surface area contributed by atoms with Crippen LogP contribution in [0.5, 0.6) is 11.5 Å². The second-order valence-electron chi connectivity index (χ2n) is 7.29. The zero-order valence-electron chi connectivity index (χ0n) is 14.9. The number of amides is 2. The first-order valence-corrected chi connectivity index (χ1v) is 8.95. The topological polar surface area (TPSA) is 76.7 Å². The predicted molar refractivity (Wildman–Crippen MR) is 93.8 cm³/mol. The fraction of sp³-hybridized carbons (Fsp3) is 0.579. The van der Waals surface area contributed by atoms with Crippen LogP contribution in [0.3, 0.4) is 0 Å². The van der Waals surface area contributed by atoms with E-state index >= 15 is 0 Å². The van der Waals surface area contributed by atoms with Crippen LogP contribution in [0.4, 0.5) is 0 Å². The molecule has 1 saturated heterocycles. The summed E-state index contributed by atoms with van der Waals surface area (Å²) < 4.78 is 11.7. The summed E-state index contributed by atoms with van der Waals surface area (Å²) in [5.74, 6) is 1.18. The van der Waals surface area contributed by atoms with Gasteiger partial charge in [-0.1, -0.05) is 12.1 Å². The van der Waals surface area contributed by atoms with Crippen LogP contribution >= 0.6 is 0 Å². The highest BCUT2D eigenvalue weighted by atomic mass is 16.5. The molecule has 2 aliphatic rings. The molecule has 1 unspecified atom stereocenters. The first-order chi connectivity index (χ1) is 11.9. The number of carbonyl (C=O) groups is 2. The molecule has 3 rings (SSSR count). The number of hydrogen-bond donors (Lipinski definition) is 2. The number of rotatable bonds is 5. The van der Waals surface area contributed by atoms with Gasteiger partial charge in [0.1, 0.15) is 11.6 Å². The van der Waals surface area contributed by atoms with E-state index in [0.717, 1.165) is 30.6 Å². The average molecular weight is 346 g/mol. The van der Waals surface area contributed by atoms with Gasteiger partial charge in [0, 0.05) is 18.5 Å². The van der Waals surface area contributed by atoms with Crippen LogP contribution in [0, 0.1) is 0 Å². The zero-order valence-corrected chi connectivity index (χ0v) is 14.9. The summed E-state index contributed by atoms with van der Waals surface area (Å²) in [6.45, 7) is 5.02. The summed E-state index contributed by atoms with van der Waals surface area (Å²) in [7, 11) is 0. The van der Waals surface area contributed by atoms with Crippen molar-refractivity contribution < 1.29 is 19.1 Å². The largest absolute Gasteiger partial charge is 0.489 e. The van der Waals surface area contributed by atoms with E-state index in [0.29, 0.717) is 18.7 Å². The Morgan fingerprint density at radius 2 is 2.24 bits per heavy atom. The van der Waals surface area contributed by atoms with Gasteiger partial charge in [0.05, 0.1) is 13.0 Å². The molecule has 2 heterocycles. The number of hydrogen-bond acceptors (Lipinski definition) is 4. The van der Waals surface area contributed by atoms with Crippen molar-refractivity contribution in [3.63, 3.8) is 0 Å². The van der Waals surface area contributed by atoms with E-state index in [1.165, 1.54) is 0 Å². The van der Waals surface area contributed by atoms with Gasteiger partial charge in [0.15, 0.2) is 11.5 Å². The maximum Gasteiger partial charge on any atom is 0.242 e. The highest BCUT2D eigenvalue weighted by Gasteiger charge is 2.32. The first kappa shape index (κ1) is 17.6. The fourth-order valence-corrected chi connectivity index (χ4v) is 3.30. The van der Waals surface area contributed by atoms with E-state index in [1.54, 1.807) is 0 Å². The van der Waals surface area contributed by atoms with Gasteiger partial charge in [0.25, 0.3) is 0 Å². The molecule has 25 heavy (non-hydrogen) atoms. The van der Waals surface area contributed by atoms with Crippen molar-refractivity contribution in [2.75, 3.05) is 13.2 Å². The van der Waals surface area contributed by atoms with Crippen LogP contribution in [0.1, 0.15) is 45.1 Å². The molecule has 1 aromatic carbocycles. The van der Waals surface area contributed by atoms with Crippen LogP contribution in [-0.2, 0) is 16.0 Å². The van der Waals surface area contributed by atoms with Crippen LogP contribution in [0.15, 0.2) is 18.2 Å². The van der Waals surface area contributed by atoms with E-state index in [1.807, 2.05) is 32.0 Å². The second-order valence-corrected chi connectivity index (χ2v) is 7.29. The van der Waals surface area contributed by atoms with Crippen molar-refractivity contribution in [2.45, 2.75) is 57.6 Å². The molecule has 0 radical (unpaired) electrons. The van der Waals surface area contributed by atoms with Crippen LogP contribution in [-0.4, -0.2) is 36.6 Å². The van der Waals surface area contributed by atoms with Gasteiger partial charge < -0.3 is 20.1 Å². The molecule has 6 nitrogen and oxygen atoms in total. The second kappa shape index (κ2) is 7.33. The van der Waals surface area contributed by atoms with Gasteiger partial charge >= 0.3 is 0 Å². The normalized spacial score (nSPS) is 21.5. The van der Waals surface area contributed by atoms with Crippen molar-refractivity contribution in [1.29, 1.82) is 0 Å². The van der Waals surface area contributed by atoms with E-state index in [9.17, 15) is 9.59 Å². The van der Waals surface area contributed by atoms with Crippen LogP contribution in [0.2, 0.25) is 0 Å². The number of para-hydroxylation sites is 1. The molecular weight excluding hydrogens is 320 g/mol. The fourth-order valence-electron chi connectivity index (χ4n) is 3.30. The molecule has 1 atom stereocenters. The average Bonchev–Trinajstić information content (AvgIpc) is 2.74. The Labute approximate surface area is 148 Å². The Kier molecular flexibility index (Phi) is 5.16. The molecule has 6 heteroatoms. The third kappa shape index (κ3) is 4.44. The Morgan fingerprint density at radius 3 is 3.08 bits per heavy atom. The molecular formula is C19H26N2O4. The third-order valence-corrected chi connectivity index (χ3v) is 4.51. The quantitative estimate of drug-likeness (QED) is 0.854. The summed E-state index contributed by atoms with van der Waals surface area (Å²) in [5.41, 5.74) is 0.897. The molecule has 0 spiro atoms. The maximum absolute atomic E-state index is 12.1. The van der Waals surface area contributed by atoms with Gasteiger partial charge in [-0.2, -0.15) is 0 Å². The van der Waals surface area contributed by atoms with Crippen molar-refractivity contribution in [3.8, 4) is 11.5 Å². The highest BCUT2D eigenvalue weighted by Crippen LogP contribution is 2.41. The molecule has 1 fully saturated rings. The minimum Gasteiger partial charge on any atom is -0.489 e. The number of benzene rings is 1.